The molecule has 6 heteroatoms. The van der Waals surface area contributed by atoms with Crippen molar-refractivity contribution in [3.05, 3.63) is 65.9 Å². The quantitative estimate of drug-likeness (QED) is 0.498. The predicted octanol–water partition coefficient (Wildman–Crippen LogP) is 4.51. The largest absolute Gasteiger partial charge is 0.487 e. The van der Waals surface area contributed by atoms with Crippen LogP contribution in [0.15, 0.2) is 55.3 Å². The van der Waals surface area contributed by atoms with Gasteiger partial charge in [0.2, 0.25) is 5.91 Å². The van der Waals surface area contributed by atoms with Crippen LogP contribution in [0.2, 0.25) is 5.02 Å². The smallest absolute Gasteiger partial charge is 0.230 e. The molecule has 2 aromatic rings. The maximum absolute atomic E-state index is 11.4. The van der Waals surface area contributed by atoms with Crippen molar-refractivity contribution in [1.29, 1.82) is 0 Å². The number of carbonyl (C=O) groups excluding carboxylic acids is 1. The van der Waals surface area contributed by atoms with E-state index in [2.05, 4.69) is 39.4 Å². The molecule has 24 heavy (non-hydrogen) atoms. The van der Waals surface area contributed by atoms with E-state index in [1.54, 1.807) is 12.2 Å². The highest BCUT2D eigenvalue weighted by Gasteiger charge is 2.10. The molecule has 0 aliphatic heterocycles. The van der Waals surface area contributed by atoms with E-state index < -0.39 is 0 Å². The molecule has 0 fully saturated rings. The summed E-state index contributed by atoms with van der Waals surface area (Å²) in [5.74, 6) is 0.508. The molecule has 1 aromatic heterocycles. The number of benzene rings is 1. The standard InChI is InChI=1S/C18H18BrClN2O2/c1-3-5-12(4-2)11-24-17-6-14-13(10-22-18(23)8-19)9-21-16(14)7-15(17)20/h3-7,9,21H,1-2,8,10-11H2,(H,22,23)/b12-5+. The van der Waals surface area contributed by atoms with E-state index in [0.29, 0.717) is 23.9 Å². The lowest BCUT2D eigenvalue weighted by Gasteiger charge is -2.10. The molecule has 1 aromatic carbocycles. The van der Waals surface area contributed by atoms with Gasteiger partial charge in [0.25, 0.3) is 0 Å². The molecule has 0 bridgehead atoms. The van der Waals surface area contributed by atoms with Crippen LogP contribution in [0.3, 0.4) is 0 Å². The van der Waals surface area contributed by atoms with E-state index >= 15 is 0 Å². The average molecular weight is 410 g/mol. The molecule has 0 unspecified atom stereocenters. The Morgan fingerprint density at radius 2 is 2.21 bits per heavy atom. The molecule has 126 valence electrons. The third kappa shape index (κ3) is 4.52. The van der Waals surface area contributed by atoms with Crippen molar-refractivity contribution in [3.63, 3.8) is 0 Å². The van der Waals surface area contributed by atoms with E-state index in [1.165, 1.54) is 0 Å². The Balaban J connectivity index is 2.23. The zero-order chi connectivity index (χ0) is 17.5. The van der Waals surface area contributed by atoms with Gasteiger partial charge in [0.1, 0.15) is 12.4 Å². The van der Waals surface area contributed by atoms with Gasteiger partial charge in [0.05, 0.1) is 10.4 Å². The number of halogens is 2. The predicted molar refractivity (Wildman–Crippen MR) is 103 cm³/mol. The van der Waals surface area contributed by atoms with Crippen molar-refractivity contribution in [3.8, 4) is 5.75 Å². The average Bonchev–Trinajstić information content (AvgIpc) is 2.97. The summed E-state index contributed by atoms with van der Waals surface area (Å²) < 4.78 is 5.79. The van der Waals surface area contributed by atoms with Crippen molar-refractivity contribution in [1.82, 2.24) is 10.3 Å². The molecule has 2 N–H and O–H groups in total. The first-order valence-corrected chi connectivity index (χ1v) is 8.78. The molecule has 0 aliphatic carbocycles. The number of allylic oxidation sites excluding steroid dienone is 2. The molecule has 0 aliphatic rings. The van der Waals surface area contributed by atoms with Gasteiger partial charge < -0.3 is 15.0 Å². The second-order valence-corrected chi connectivity index (χ2v) is 5.99. The zero-order valence-electron chi connectivity index (χ0n) is 13.1. The fourth-order valence-corrected chi connectivity index (χ4v) is 2.58. The van der Waals surface area contributed by atoms with Gasteiger partial charge in [-0.05, 0) is 23.3 Å². The Labute approximate surface area is 154 Å². The van der Waals surface area contributed by atoms with E-state index in [4.69, 9.17) is 16.3 Å². The summed E-state index contributed by atoms with van der Waals surface area (Å²) in [5.41, 5.74) is 2.76. The molecule has 0 radical (unpaired) electrons. The van der Waals surface area contributed by atoms with E-state index in [1.807, 2.05) is 24.4 Å². The minimum Gasteiger partial charge on any atom is -0.487 e. The Kier molecular flexibility index (Phi) is 6.70. The lowest BCUT2D eigenvalue weighted by atomic mass is 10.1. The van der Waals surface area contributed by atoms with Crippen molar-refractivity contribution in [2.75, 3.05) is 11.9 Å². The number of alkyl halides is 1. The number of ether oxygens (including phenoxy) is 1. The third-order valence-corrected chi connectivity index (χ3v) is 4.21. The number of rotatable bonds is 8. The van der Waals surface area contributed by atoms with Crippen LogP contribution < -0.4 is 10.1 Å². The first kappa shape index (κ1) is 18.4. The number of carbonyl (C=O) groups is 1. The number of aromatic nitrogens is 1. The van der Waals surface area contributed by atoms with Gasteiger partial charge in [-0.3, -0.25) is 4.79 Å². The third-order valence-electron chi connectivity index (χ3n) is 3.41. The van der Waals surface area contributed by atoms with Gasteiger partial charge in [0.15, 0.2) is 0 Å². The van der Waals surface area contributed by atoms with Gasteiger partial charge in [-0.2, -0.15) is 0 Å². The number of H-pyrrole nitrogens is 1. The van der Waals surface area contributed by atoms with Gasteiger partial charge >= 0.3 is 0 Å². The maximum Gasteiger partial charge on any atom is 0.230 e. The summed E-state index contributed by atoms with van der Waals surface area (Å²) in [6, 6.07) is 3.69. The van der Waals surface area contributed by atoms with Crippen LogP contribution in [0.4, 0.5) is 0 Å². The Morgan fingerprint density at radius 3 is 2.88 bits per heavy atom. The normalized spacial score (nSPS) is 11.3. The first-order valence-electron chi connectivity index (χ1n) is 7.28. The number of hydrogen-bond donors (Lipinski definition) is 2. The van der Waals surface area contributed by atoms with Crippen molar-refractivity contribution < 1.29 is 9.53 Å². The van der Waals surface area contributed by atoms with E-state index in [9.17, 15) is 4.79 Å². The van der Waals surface area contributed by atoms with Crippen LogP contribution in [0, 0.1) is 0 Å². The van der Waals surface area contributed by atoms with Gasteiger partial charge in [0, 0.05) is 23.6 Å². The Hall–Kier alpha value is -1.98. The second-order valence-electron chi connectivity index (χ2n) is 5.02. The topological polar surface area (TPSA) is 54.1 Å². The lowest BCUT2D eigenvalue weighted by Crippen LogP contribution is -2.23. The summed E-state index contributed by atoms with van der Waals surface area (Å²) in [7, 11) is 0. The fraction of sp³-hybridized carbons (Fsp3) is 0.167. The molecule has 2 rings (SSSR count). The molecule has 0 atom stereocenters. The van der Waals surface area contributed by atoms with Crippen molar-refractivity contribution in [2.24, 2.45) is 0 Å². The molecule has 4 nitrogen and oxygen atoms in total. The number of hydrogen-bond acceptors (Lipinski definition) is 2. The number of fused-ring (bicyclic) bond motifs is 1. The summed E-state index contributed by atoms with van der Waals surface area (Å²) in [5, 5.41) is 4.57. The van der Waals surface area contributed by atoms with E-state index in [0.717, 1.165) is 22.0 Å². The van der Waals surface area contributed by atoms with Crippen LogP contribution in [-0.2, 0) is 11.3 Å². The summed E-state index contributed by atoms with van der Waals surface area (Å²) in [6.07, 6.45) is 7.08. The van der Waals surface area contributed by atoms with Gasteiger partial charge in [-0.25, -0.2) is 0 Å². The van der Waals surface area contributed by atoms with Crippen molar-refractivity contribution in [2.45, 2.75) is 6.54 Å². The van der Waals surface area contributed by atoms with Crippen LogP contribution in [0.5, 0.6) is 5.75 Å². The van der Waals surface area contributed by atoms with Crippen LogP contribution in [0.1, 0.15) is 5.56 Å². The summed E-state index contributed by atoms with van der Waals surface area (Å²) >= 11 is 9.41. The lowest BCUT2D eigenvalue weighted by molar-refractivity contribution is -0.118. The second kappa shape index (κ2) is 8.76. The van der Waals surface area contributed by atoms with Crippen LogP contribution in [0.25, 0.3) is 10.9 Å². The molecule has 1 heterocycles. The maximum atomic E-state index is 11.4. The highest BCUT2D eigenvalue weighted by atomic mass is 79.9. The van der Waals surface area contributed by atoms with Crippen LogP contribution in [-0.4, -0.2) is 22.8 Å². The fourth-order valence-electron chi connectivity index (χ4n) is 2.17. The Morgan fingerprint density at radius 1 is 1.42 bits per heavy atom. The summed E-state index contributed by atoms with van der Waals surface area (Å²) in [4.78, 5) is 14.5. The zero-order valence-corrected chi connectivity index (χ0v) is 15.4. The first-order chi connectivity index (χ1) is 11.6. The number of aromatic amines is 1. The van der Waals surface area contributed by atoms with Crippen LogP contribution >= 0.6 is 27.5 Å². The highest BCUT2D eigenvalue weighted by molar-refractivity contribution is 9.09. The summed E-state index contributed by atoms with van der Waals surface area (Å²) in [6.45, 7) is 8.18. The molecule has 0 spiro atoms. The van der Waals surface area contributed by atoms with Gasteiger partial charge in [-0.1, -0.05) is 58.9 Å². The molecule has 1 amide bonds. The van der Waals surface area contributed by atoms with Gasteiger partial charge in [-0.15, -0.1) is 0 Å². The molecule has 0 saturated heterocycles. The minimum atomic E-state index is -0.0695. The number of nitrogens with one attached hydrogen (secondary N) is 2. The van der Waals surface area contributed by atoms with Crippen molar-refractivity contribution >= 4 is 44.3 Å². The molecular formula is C18H18BrClN2O2. The molecule has 0 saturated carbocycles. The minimum absolute atomic E-state index is 0.0695. The Bertz CT molecular complexity index is 796. The molecular weight excluding hydrogens is 392 g/mol. The highest BCUT2D eigenvalue weighted by Crippen LogP contribution is 2.32. The monoisotopic (exact) mass is 408 g/mol. The SMILES string of the molecule is C=C/C=C(\C=C)COc1cc2c(CNC(=O)CBr)c[nH]c2cc1Cl. The van der Waals surface area contributed by atoms with E-state index in [-0.39, 0.29) is 11.2 Å². The number of amides is 1.